The maximum atomic E-state index is 3.41. The van der Waals surface area contributed by atoms with E-state index in [1.165, 1.54) is 17.6 Å². The van der Waals surface area contributed by atoms with Crippen LogP contribution in [-0.4, -0.2) is 13.1 Å². The third-order valence-corrected chi connectivity index (χ3v) is 2.67. The second kappa shape index (κ2) is 3.15. The largest absolute Gasteiger partial charge is 0.312 e. The van der Waals surface area contributed by atoms with Crippen molar-refractivity contribution in [3.8, 4) is 0 Å². The van der Waals surface area contributed by atoms with Crippen LogP contribution in [0.15, 0.2) is 35.5 Å². The van der Waals surface area contributed by atoms with Gasteiger partial charge in [0.15, 0.2) is 0 Å². The van der Waals surface area contributed by atoms with Gasteiger partial charge in [-0.25, -0.2) is 0 Å². The highest BCUT2D eigenvalue weighted by atomic mass is 14.9. The quantitative estimate of drug-likeness (QED) is 0.596. The molecule has 0 aromatic rings. The van der Waals surface area contributed by atoms with Gasteiger partial charge in [0.25, 0.3) is 0 Å². The number of hydrogen-bond acceptors (Lipinski definition) is 1. The van der Waals surface area contributed by atoms with Gasteiger partial charge >= 0.3 is 0 Å². The maximum Gasteiger partial charge on any atom is 0.0205 e. The monoisotopic (exact) mass is 175 g/mol. The fourth-order valence-corrected chi connectivity index (χ4v) is 1.96. The molecule has 0 radical (unpaired) electrons. The molecule has 0 aromatic heterocycles. The van der Waals surface area contributed by atoms with Crippen LogP contribution in [-0.2, 0) is 0 Å². The first-order valence-corrected chi connectivity index (χ1v) is 4.99. The molecule has 1 aliphatic heterocycles. The van der Waals surface area contributed by atoms with Crippen LogP contribution in [0.2, 0.25) is 0 Å². The molecule has 1 heterocycles. The van der Waals surface area contributed by atoms with Gasteiger partial charge in [0.05, 0.1) is 0 Å². The van der Waals surface area contributed by atoms with E-state index in [4.69, 9.17) is 0 Å². The molecule has 2 rings (SSSR count). The standard InChI is InChI=1S/C12H17N/c1-12(2)6-3-4-10-5-7-13-9-11(10)8-12/h3-4,6,8,13H,5,7,9H2,1-2H3. The van der Waals surface area contributed by atoms with Gasteiger partial charge in [0.1, 0.15) is 0 Å². The van der Waals surface area contributed by atoms with Crippen molar-refractivity contribution >= 4 is 0 Å². The van der Waals surface area contributed by atoms with Crippen molar-refractivity contribution < 1.29 is 0 Å². The van der Waals surface area contributed by atoms with Crippen LogP contribution in [0, 0.1) is 5.41 Å². The summed E-state index contributed by atoms with van der Waals surface area (Å²) in [6.45, 7) is 6.66. The van der Waals surface area contributed by atoms with E-state index in [1.54, 1.807) is 0 Å². The molecule has 0 unspecified atom stereocenters. The number of nitrogens with one attached hydrogen (secondary N) is 1. The lowest BCUT2D eigenvalue weighted by Gasteiger charge is -2.22. The molecule has 1 fully saturated rings. The van der Waals surface area contributed by atoms with Crippen molar-refractivity contribution in [2.45, 2.75) is 20.3 Å². The molecular weight excluding hydrogens is 158 g/mol. The predicted octanol–water partition coefficient (Wildman–Crippen LogP) is 2.43. The average molecular weight is 175 g/mol. The van der Waals surface area contributed by atoms with Crippen LogP contribution in [0.1, 0.15) is 20.3 Å². The van der Waals surface area contributed by atoms with Crippen molar-refractivity contribution in [1.82, 2.24) is 5.32 Å². The highest BCUT2D eigenvalue weighted by molar-refractivity contribution is 5.41. The van der Waals surface area contributed by atoms with E-state index in [0.29, 0.717) is 0 Å². The zero-order valence-electron chi connectivity index (χ0n) is 8.43. The minimum absolute atomic E-state index is 0.215. The Morgan fingerprint density at radius 1 is 1.31 bits per heavy atom. The van der Waals surface area contributed by atoms with Crippen LogP contribution in [0.4, 0.5) is 0 Å². The zero-order valence-corrected chi connectivity index (χ0v) is 8.43. The zero-order chi connectivity index (χ0) is 9.31. The van der Waals surface area contributed by atoms with Crippen LogP contribution < -0.4 is 5.32 Å². The summed E-state index contributed by atoms with van der Waals surface area (Å²) in [6, 6.07) is 0. The minimum Gasteiger partial charge on any atom is -0.312 e. The van der Waals surface area contributed by atoms with E-state index in [2.05, 4.69) is 43.5 Å². The van der Waals surface area contributed by atoms with Crippen molar-refractivity contribution in [3.63, 3.8) is 0 Å². The van der Waals surface area contributed by atoms with Gasteiger partial charge in [0.2, 0.25) is 0 Å². The Hall–Kier alpha value is -0.820. The summed E-state index contributed by atoms with van der Waals surface area (Å²) in [5.41, 5.74) is 3.22. The number of piperidine rings is 1. The molecule has 0 aromatic carbocycles. The van der Waals surface area contributed by atoms with Gasteiger partial charge in [-0.3, -0.25) is 0 Å². The second-order valence-electron chi connectivity index (χ2n) is 4.47. The van der Waals surface area contributed by atoms with Gasteiger partial charge < -0.3 is 5.32 Å². The van der Waals surface area contributed by atoms with Crippen LogP contribution in [0.3, 0.4) is 0 Å². The fraction of sp³-hybridized carbons (Fsp3) is 0.500. The molecule has 0 saturated carbocycles. The smallest absolute Gasteiger partial charge is 0.0205 e. The molecule has 0 bridgehead atoms. The number of rotatable bonds is 0. The molecule has 70 valence electrons. The molecule has 1 saturated heterocycles. The van der Waals surface area contributed by atoms with Gasteiger partial charge in [0, 0.05) is 12.0 Å². The topological polar surface area (TPSA) is 12.0 Å². The van der Waals surface area contributed by atoms with Crippen LogP contribution >= 0.6 is 0 Å². The Bertz CT molecular complexity index is 292. The number of fused-ring (bicyclic) bond motifs is 1. The van der Waals surface area contributed by atoms with Gasteiger partial charge in [-0.05, 0) is 24.1 Å². The summed E-state index contributed by atoms with van der Waals surface area (Å²) in [4.78, 5) is 0. The first kappa shape index (κ1) is 8.76. The Morgan fingerprint density at radius 2 is 2.15 bits per heavy atom. The van der Waals surface area contributed by atoms with Crippen molar-refractivity contribution in [1.29, 1.82) is 0 Å². The van der Waals surface area contributed by atoms with Crippen molar-refractivity contribution in [3.05, 3.63) is 35.5 Å². The molecule has 0 atom stereocenters. The summed E-state index contributed by atoms with van der Waals surface area (Å²) in [6.07, 6.45) is 10.3. The van der Waals surface area contributed by atoms with E-state index in [9.17, 15) is 0 Å². The Morgan fingerprint density at radius 3 is 3.00 bits per heavy atom. The van der Waals surface area contributed by atoms with Gasteiger partial charge in [-0.1, -0.05) is 38.2 Å². The van der Waals surface area contributed by atoms with Crippen molar-refractivity contribution in [2.75, 3.05) is 13.1 Å². The van der Waals surface area contributed by atoms with Crippen LogP contribution in [0.5, 0.6) is 0 Å². The second-order valence-corrected chi connectivity index (χ2v) is 4.47. The molecule has 1 N–H and O–H groups in total. The first-order chi connectivity index (χ1) is 6.17. The predicted molar refractivity (Wildman–Crippen MR) is 56.6 cm³/mol. The molecule has 1 nitrogen and oxygen atoms in total. The first-order valence-electron chi connectivity index (χ1n) is 4.99. The Kier molecular flexibility index (Phi) is 2.12. The molecule has 1 aliphatic carbocycles. The van der Waals surface area contributed by atoms with E-state index >= 15 is 0 Å². The van der Waals surface area contributed by atoms with E-state index in [0.717, 1.165) is 13.1 Å². The summed E-state index contributed by atoms with van der Waals surface area (Å²) < 4.78 is 0. The van der Waals surface area contributed by atoms with Gasteiger partial charge in [-0.2, -0.15) is 0 Å². The van der Waals surface area contributed by atoms with Crippen molar-refractivity contribution in [2.24, 2.45) is 5.41 Å². The van der Waals surface area contributed by atoms with E-state index < -0.39 is 0 Å². The molecule has 2 aliphatic rings. The third kappa shape index (κ3) is 1.92. The minimum atomic E-state index is 0.215. The normalized spacial score (nSPS) is 25.7. The van der Waals surface area contributed by atoms with Gasteiger partial charge in [-0.15, -0.1) is 0 Å². The summed E-state index contributed by atoms with van der Waals surface area (Å²) in [7, 11) is 0. The number of allylic oxidation sites excluding steroid dienone is 4. The molecule has 0 amide bonds. The lowest BCUT2D eigenvalue weighted by molar-refractivity contribution is 0.608. The van der Waals surface area contributed by atoms with E-state index in [1.807, 2.05) is 0 Å². The summed E-state index contributed by atoms with van der Waals surface area (Å²) >= 11 is 0. The molecule has 13 heavy (non-hydrogen) atoms. The maximum absolute atomic E-state index is 3.41. The Balaban J connectivity index is 2.34. The SMILES string of the molecule is CC1(C)C=CC=C2CCNCC2=C1. The lowest BCUT2D eigenvalue weighted by Crippen LogP contribution is -2.26. The highest BCUT2D eigenvalue weighted by Gasteiger charge is 2.18. The van der Waals surface area contributed by atoms with E-state index in [-0.39, 0.29) is 5.41 Å². The number of hydrogen-bond donors (Lipinski definition) is 1. The lowest BCUT2D eigenvalue weighted by atomic mass is 9.89. The summed E-state index contributed by atoms with van der Waals surface area (Å²) in [5.74, 6) is 0. The average Bonchev–Trinajstić information content (AvgIpc) is 2.21. The summed E-state index contributed by atoms with van der Waals surface area (Å²) in [5, 5.41) is 3.41. The highest BCUT2D eigenvalue weighted by Crippen LogP contribution is 2.29. The van der Waals surface area contributed by atoms with Crippen LogP contribution in [0.25, 0.3) is 0 Å². The molecule has 1 heteroatoms. The molecule has 0 spiro atoms. The third-order valence-electron chi connectivity index (χ3n) is 2.67. The Labute approximate surface area is 80.2 Å². The molecular formula is C12H17N. The fourth-order valence-electron chi connectivity index (χ4n) is 1.96.